The fourth-order valence-electron chi connectivity index (χ4n) is 2.19. The molecule has 0 fully saturated rings. The molecule has 4 amide bonds. The number of hydrogen-bond acceptors (Lipinski definition) is 7. The van der Waals surface area contributed by atoms with E-state index in [2.05, 4.69) is 16.0 Å². The van der Waals surface area contributed by atoms with Gasteiger partial charge in [-0.3, -0.25) is 24.0 Å². The molecule has 0 aromatic rings. The van der Waals surface area contributed by atoms with Crippen LogP contribution >= 0.6 is 0 Å². The molecule has 0 rings (SSSR count). The molecule has 0 radical (unpaired) electrons. The number of aliphatic carboxylic acids is 2. The third-order valence-corrected chi connectivity index (χ3v) is 4.04. The Labute approximate surface area is 172 Å². The van der Waals surface area contributed by atoms with Gasteiger partial charge in [-0.05, 0) is 18.8 Å². The SMILES string of the molecule is CC(C)C(N)C(=O)NCC(=O)NC(CCC(N)=O)C(=O)NC(CCC(=O)O)C(=O)O. The van der Waals surface area contributed by atoms with Gasteiger partial charge in [0.2, 0.25) is 23.6 Å². The standard InChI is InChI=1S/C17H29N5O8/c1-8(2)14(19)16(28)20-7-12(24)21-9(3-5-11(18)23)15(27)22-10(17(29)30)4-6-13(25)26/h8-10,14H,3-7,19H2,1-2H3,(H2,18,23)(H,20,28)(H,21,24)(H,22,27)(H,25,26)(H,29,30). The lowest BCUT2D eigenvalue weighted by molar-refractivity contribution is -0.143. The molecule has 13 nitrogen and oxygen atoms in total. The Balaban J connectivity index is 5.02. The number of primary amides is 1. The molecule has 0 aliphatic heterocycles. The van der Waals surface area contributed by atoms with Crippen LogP contribution in [0.1, 0.15) is 39.5 Å². The second-order valence-electron chi connectivity index (χ2n) is 6.94. The number of hydrogen-bond donors (Lipinski definition) is 7. The second kappa shape index (κ2) is 13.1. The molecule has 0 aliphatic carbocycles. The maximum absolute atomic E-state index is 12.4. The quantitative estimate of drug-likeness (QED) is 0.151. The number of nitrogens with two attached hydrogens (primary N) is 2. The monoisotopic (exact) mass is 431 g/mol. The summed E-state index contributed by atoms with van der Waals surface area (Å²) in [5.41, 5.74) is 10.7. The van der Waals surface area contributed by atoms with Crippen molar-refractivity contribution in [3.63, 3.8) is 0 Å². The predicted octanol–water partition coefficient (Wildman–Crippen LogP) is -2.73. The van der Waals surface area contributed by atoms with E-state index in [1.807, 2.05) is 0 Å². The van der Waals surface area contributed by atoms with Gasteiger partial charge in [-0.25, -0.2) is 4.79 Å². The van der Waals surface area contributed by atoms with Crippen molar-refractivity contribution >= 4 is 35.6 Å². The normalized spacial score (nSPS) is 13.6. The average molecular weight is 431 g/mol. The van der Waals surface area contributed by atoms with E-state index in [-0.39, 0.29) is 25.2 Å². The van der Waals surface area contributed by atoms with Crippen molar-refractivity contribution in [2.75, 3.05) is 6.54 Å². The van der Waals surface area contributed by atoms with Gasteiger partial charge in [0.15, 0.2) is 0 Å². The molecule has 0 saturated carbocycles. The Hall–Kier alpha value is -3.22. The third kappa shape index (κ3) is 10.9. The lowest BCUT2D eigenvalue weighted by atomic mass is 10.1. The first-order chi connectivity index (χ1) is 13.8. The number of nitrogens with one attached hydrogen (secondary N) is 3. The largest absolute Gasteiger partial charge is 0.481 e. The zero-order valence-corrected chi connectivity index (χ0v) is 16.8. The second-order valence-corrected chi connectivity index (χ2v) is 6.94. The van der Waals surface area contributed by atoms with Crippen LogP contribution in [0.4, 0.5) is 0 Å². The average Bonchev–Trinajstić information content (AvgIpc) is 2.64. The van der Waals surface area contributed by atoms with Gasteiger partial charge in [-0.1, -0.05) is 13.8 Å². The lowest BCUT2D eigenvalue weighted by Crippen LogP contribution is -2.54. The van der Waals surface area contributed by atoms with Crippen molar-refractivity contribution in [1.82, 2.24) is 16.0 Å². The maximum Gasteiger partial charge on any atom is 0.326 e. The van der Waals surface area contributed by atoms with Gasteiger partial charge >= 0.3 is 11.9 Å². The Bertz CT molecular complexity index is 667. The lowest BCUT2D eigenvalue weighted by Gasteiger charge is -2.21. The van der Waals surface area contributed by atoms with E-state index in [1.165, 1.54) is 0 Å². The van der Waals surface area contributed by atoms with Gasteiger partial charge < -0.3 is 37.6 Å². The summed E-state index contributed by atoms with van der Waals surface area (Å²) in [6.45, 7) is 2.94. The van der Waals surface area contributed by atoms with Gasteiger partial charge in [0.05, 0.1) is 12.6 Å². The summed E-state index contributed by atoms with van der Waals surface area (Å²) in [7, 11) is 0. The van der Waals surface area contributed by atoms with Crippen molar-refractivity contribution in [3.05, 3.63) is 0 Å². The molecule has 0 spiro atoms. The minimum absolute atomic E-state index is 0.166. The summed E-state index contributed by atoms with van der Waals surface area (Å²) in [5.74, 6) is -5.91. The number of carboxylic acid groups (broad SMARTS) is 2. The first kappa shape index (κ1) is 26.8. The minimum Gasteiger partial charge on any atom is -0.481 e. The third-order valence-electron chi connectivity index (χ3n) is 4.04. The van der Waals surface area contributed by atoms with Crippen molar-refractivity contribution in [3.8, 4) is 0 Å². The van der Waals surface area contributed by atoms with Crippen LogP contribution in [-0.2, 0) is 28.8 Å². The summed E-state index contributed by atoms with van der Waals surface area (Å²) in [6.07, 6.45) is -1.39. The molecule has 0 aliphatic rings. The highest BCUT2D eigenvalue weighted by atomic mass is 16.4. The van der Waals surface area contributed by atoms with Crippen LogP contribution in [0.15, 0.2) is 0 Å². The van der Waals surface area contributed by atoms with Crippen molar-refractivity contribution < 1.29 is 39.0 Å². The molecule has 13 heteroatoms. The molecular weight excluding hydrogens is 402 g/mol. The van der Waals surface area contributed by atoms with Crippen LogP contribution in [0.25, 0.3) is 0 Å². The number of rotatable bonds is 14. The Kier molecular flexibility index (Phi) is 11.7. The molecule has 3 unspecified atom stereocenters. The summed E-state index contributed by atoms with van der Waals surface area (Å²) < 4.78 is 0. The molecule has 30 heavy (non-hydrogen) atoms. The highest BCUT2D eigenvalue weighted by Crippen LogP contribution is 2.03. The van der Waals surface area contributed by atoms with Crippen molar-refractivity contribution in [2.24, 2.45) is 17.4 Å². The van der Waals surface area contributed by atoms with Crippen LogP contribution in [0.5, 0.6) is 0 Å². The van der Waals surface area contributed by atoms with Crippen LogP contribution in [-0.4, -0.2) is 70.5 Å². The molecular formula is C17H29N5O8. The van der Waals surface area contributed by atoms with Crippen LogP contribution in [0.3, 0.4) is 0 Å². The highest BCUT2D eigenvalue weighted by molar-refractivity contribution is 5.93. The van der Waals surface area contributed by atoms with Crippen LogP contribution < -0.4 is 27.4 Å². The predicted molar refractivity (Wildman–Crippen MR) is 103 cm³/mol. The number of carbonyl (C=O) groups is 6. The van der Waals surface area contributed by atoms with Gasteiger partial charge in [0, 0.05) is 12.8 Å². The minimum atomic E-state index is -1.51. The molecule has 0 heterocycles. The molecule has 170 valence electrons. The molecule has 0 saturated heterocycles. The summed E-state index contributed by atoms with van der Waals surface area (Å²) in [6, 6.07) is -3.67. The van der Waals surface area contributed by atoms with Gasteiger partial charge in [0.1, 0.15) is 12.1 Å². The molecule has 9 N–H and O–H groups in total. The van der Waals surface area contributed by atoms with Crippen LogP contribution in [0, 0.1) is 5.92 Å². The first-order valence-corrected chi connectivity index (χ1v) is 9.21. The number of amides is 4. The van der Waals surface area contributed by atoms with E-state index in [9.17, 15) is 28.8 Å². The summed E-state index contributed by atoms with van der Waals surface area (Å²) >= 11 is 0. The Morgan fingerprint density at radius 3 is 1.90 bits per heavy atom. The summed E-state index contributed by atoms with van der Waals surface area (Å²) in [4.78, 5) is 69.1. The number of carbonyl (C=O) groups excluding carboxylic acids is 4. The van der Waals surface area contributed by atoms with Crippen molar-refractivity contribution in [1.29, 1.82) is 0 Å². The van der Waals surface area contributed by atoms with Gasteiger partial charge in [-0.15, -0.1) is 0 Å². The zero-order valence-electron chi connectivity index (χ0n) is 16.8. The Morgan fingerprint density at radius 2 is 1.43 bits per heavy atom. The maximum atomic E-state index is 12.4. The van der Waals surface area contributed by atoms with E-state index in [4.69, 9.17) is 21.7 Å². The van der Waals surface area contributed by atoms with E-state index >= 15 is 0 Å². The van der Waals surface area contributed by atoms with E-state index < -0.39 is 66.7 Å². The molecule has 0 bridgehead atoms. The van der Waals surface area contributed by atoms with E-state index in [1.54, 1.807) is 13.8 Å². The molecule has 0 aromatic carbocycles. The Morgan fingerprint density at radius 1 is 0.867 bits per heavy atom. The van der Waals surface area contributed by atoms with E-state index in [0.717, 1.165) is 0 Å². The van der Waals surface area contributed by atoms with Gasteiger partial charge in [0.25, 0.3) is 0 Å². The molecule has 0 aromatic heterocycles. The smallest absolute Gasteiger partial charge is 0.326 e. The van der Waals surface area contributed by atoms with Crippen LogP contribution in [0.2, 0.25) is 0 Å². The fraction of sp³-hybridized carbons (Fsp3) is 0.647. The first-order valence-electron chi connectivity index (χ1n) is 9.21. The fourth-order valence-corrected chi connectivity index (χ4v) is 2.19. The van der Waals surface area contributed by atoms with E-state index in [0.29, 0.717) is 0 Å². The van der Waals surface area contributed by atoms with Gasteiger partial charge in [-0.2, -0.15) is 0 Å². The number of carboxylic acids is 2. The zero-order chi connectivity index (χ0) is 23.4. The summed E-state index contributed by atoms with van der Waals surface area (Å²) in [5, 5.41) is 24.5. The highest BCUT2D eigenvalue weighted by Gasteiger charge is 2.27. The molecule has 3 atom stereocenters. The van der Waals surface area contributed by atoms with Crippen molar-refractivity contribution in [2.45, 2.75) is 57.7 Å². The topological polar surface area (TPSA) is 231 Å².